The predicted octanol–water partition coefficient (Wildman–Crippen LogP) is 3.87. The lowest BCUT2D eigenvalue weighted by Gasteiger charge is -2.24. The Hall–Kier alpha value is -2.42. The Morgan fingerprint density at radius 3 is 2.53 bits per heavy atom. The van der Waals surface area contributed by atoms with E-state index in [0.717, 1.165) is 6.07 Å². The molecule has 1 unspecified atom stereocenters. The number of alkyl carbamates (subject to hydrolysis) is 1. The lowest BCUT2D eigenvalue weighted by Crippen LogP contribution is -2.34. The zero-order chi connectivity index (χ0) is 22.5. The van der Waals surface area contributed by atoms with Crippen LogP contribution in [-0.4, -0.2) is 31.6 Å². The summed E-state index contributed by atoms with van der Waals surface area (Å²) in [4.78, 5) is 23.9. The van der Waals surface area contributed by atoms with Crippen molar-refractivity contribution in [3.63, 3.8) is 0 Å². The average Bonchev–Trinajstić information content (AvgIpc) is 2.67. The lowest BCUT2D eigenvalue weighted by molar-refractivity contribution is -0.118. The fourth-order valence-corrected chi connectivity index (χ4v) is 4.53. The highest BCUT2D eigenvalue weighted by Crippen LogP contribution is 2.30. The number of allylic oxidation sites excluding steroid dienone is 1. The molecule has 1 N–H and O–H groups in total. The molecule has 30 heavy (non-hydrogen) atoms. The van der Waals surface area contributed by atoms with Crippen molar-refractivity contribution in [1.29, 1.82) is 0 Å². The molecule has 0 aromatic heterocycles. The van der Waals surface area contributed by atoms with Gasteiger partial charge in [0.1, 0.15) is 11.9 Å². The van der Waals surface area contributed by atoms with Gasteiger partial charge in [-0.25, -0.2) is 9.18 Å². The number of hydrogen-bond acceptors (Lipinski definition) is 6. The molecule has 0 aliphatic heterocycles. The highest BCUT2D eigenvalue weighted by molar-refractivity contribution is 7.88. The number of carbonyl (C=O) groups excluding carboxylic acids is 2. The molecule has 0 saturated carbocycles. The molecule has 1 amide bonds. The summed E-state index contributed by atoms with van der Waals surface area (Å²) in [7, 11) is -4.26. The summed E-state index contributed by atoms with van der Waals surface area (Å²) in [5.74, 6) is -1.97. The number of nitrogens with one attached hydrogen (secondary N) is 1. The van der Waals surface area contributed by atoms with Crippen LogP contribution < -0.4 is 9.50 Å². The van der Waals surface area contributed by atoms with Crippen LogP contribution in [0.2, 0.25) is 0 Å². The standard InChI is InChI=1S/C21H28FNO6S/c1-13(2)20(24)16-7-5-6-8-19(16)30(26,27)29-18-10-9-15(11-17(18)22)12-28-21(25)23-14(3)4/h7,9-11,13-14,19H,5-6,8,12H2,1-4H3,(H,23,25). The highest BCUT2D eigenvalue weighted by Gasteiger charge is 2.37. The van der Waals surface area contributed by atoms with Gasteiger partial charge in [0, 0.05) is 17.5 Å². The number of carbonyl (C=O) groups is 2. The quantitative estimate of drug-likeness (QED) is 0.615. The van der Waals surface area contributed by atoms with Gasteiger partial charge in [-0.2, -0.15) is 8.42 Å². The third-order valence-corrected chi connectivity index (χ3v) is 6.12. The van der Waals surface area contributed by atoms with Crippen molar-refractivity contribution >= 4 is 22.0 Å². The molecular weight excluding hydrogens is 413 g/mol. The van der Waals surface area contributed by atoms with Crippen LogP contribution in [0.1, 0.15) is 52.5 Å². The fourth-order valence-electron chi connectivity index (χ4n) is 3.05. The first-order valence-corrected chi connectivity index (χ1v) is 11.4. The monoisotopic (exact) mass is 441 g/mol. The molecule has 0 bridgehead atoms. The van der Waals surface area contributed by atoms with Crippen molar-refractivity contribution in [3.05, 3.63) is 41.2 Å². The molecular formula is C21H28FNO6S. The SMILES string of the molecule is CC(C)NC(=O)OCc1ccc(OS(=O)(=O)C2CCCC=C2C(=O)C(C)C)c(F)c1. The maximum Gasteiger partial charge on any atom is 0.407 e. The largest absolute Gasteiger partial charge is 0.445 e. The second kappa shape index (κ2) is 10.1. The molecule has 1 aromatic carbocycles. The smallest absolute Gasteiger partial charge is 0.407 e. The Morgan fingerprint density at radius 2 is 1.93 bits per heavy atom. The molecule has 0 spiro atoms. The minimum Gasteiger partial charge on any atom is -0.445 e. The Balaban J connectivity index is 2.13. The van der Waals surface area contributed by atoms with E-state index in [1.165, 1.54) is 12.1 Å². The van der Waals surface area contributed by atoms with Crippen LogP contribution in [0.4, 0.5) is 9.18 Å². The molecule has 166 valence electrons. The van der Waals surface area contributed by atoms with Crippen molar-refractivity contribution in [2.24, 2.45) is 5.92 Å². The van der Waals surface area contributed by atoms with Crippen LogP contribution in [0.15, 0.2) is 29.8 Å². The third-order valence-electron chi connectivity index (χ3n) is 4.52. The first-order chi connectivity index (χ1) is 14.0. The number of Topliss-reactive ketones (excluding diaryl/α,β-unsaturated/α-hetero) is 1. The van der Waals surface area contributed by atoms with E-state index in [4.69, 9.17) is 8.92 Å². The molecule has 2 rings (SSSR count). The van der Waals surface area contributed by atoms with Crippen LogP contribution in [0.25, 0.3) is 0 Å². The number of amides is 1. The van der Waals surface area contributed by atoms with Crippen molar-refractivity contribution in [1.82, 2.24) is 5.32 Å². The van der Waals surface area contributed by atoms with Crippen LogP contribution in [0.5, 0.6) is 5.75 Å². The van der Waals surface area contributed by atoms with Gasteiger partial charge < -0.3 is 14.2 Å². The molecule has 0 heterocycles. The Kier molecular flexibility index (Phi) is 8.00. The number of ketones is 1. The van der Waals surface area contributed by atoms with Gasteiger partial charge in [0.15, 0.2) is 17.3 Å². The highest BCUT2D eigenvalue weighted by atomic mass is 32.2. The van der Waals surface area contributed by atoms with Crippen LogP contribution in [0, 0.1) is 11.7 Å². The van der Waals surface area contributed by atoms with E-state index >= 15 is 0 Å². The minimum atomic E-state index is -4.26. The number of hydrogen-bond donors (Lipinski definition) is 1. The zero-order valence-corrected chi connectivity index (χ0v) is 18.4. The third kappa shape index (κ3) is 6.29. The van der Waals surface area contributed by atoms with Crippen LogP contribution in [-0.2, 0) is 26.3 Å². The first-order valence-electron chi connectivity index (χ1n) is 9.90. The van der Waals surface area contributed by atoms with Crippen molar-refractivity contribution in [3.8, 4) is 5.75 Å². The number of halogens is 1. The summed E-state index contributed by atoms with van der Waals surface area (Å²) >= 11 is 0. The van der Waals surface area contributed by atoms with Crippen molar-refractivity contribution in [2.75, 3.05) is 0 Å². The summed E-state index contributed by atoms with van der Waals surface area (Å²) in [6, 6.07) is 3.52. The second-order valence-electron chi connectivity index (χ2n) is 7.81. The van der Waals surface area contributed by atoms with Crippen molar-refractivity contribution in [2.45, 2.75) is 64.9 Å². The molecule has 0 radical (unpaired) electrons. The predicted molar refractivity (Wildman–Crippen MR) is 110 cm³/mol. The maximum absolute atomic E-state index is 14.4. The van der Waals surface area contributed by atoms with Crippen molar-refractivity contribution < 1.29 is 31.3 Å². The lowest BCUT2D eigenvalue weighted by atomic mass is 9.91. The van der Waals surface area contributed by atoms with E-state index in [9.17, 15) is 22.4 Å². The van der Waals surface area contributed by atoms with E-state index < -0.39 is 33.0 Å². The number of benzene rings is 1. The normalized spacial score (nSPS) is 16.9. The van der Waals surface area contributed by atoms with Gasteiger partial charge in [0.05, 0.1) is 0 Å². The molecule has 7 nitrogen and oxygen atoms in total. The summed E-state index contributed by atoms with van der Waals surface area (Å²) in [5, 5.41) is 1.41. The van der Waals surface area contributed by atoms with E-state index in [0.29, 0.717) is 18.4 Å². The average molecular weight is 442 g/mol. The Bertz CT molecular complexity index is 923. The molecule has 1 aliphatic rings. The van der Waals surface area contributed by atoms with Gasteiger partial charge >= 0.3 is 16.2 Å². The van der Waals surface area contributed by atoms with Crippen LogP contribution in [0.3, 0.4) is 0 Å². The summed E-state index contributed by atoms with van der Waals surface area (Å²) in [6.45, 7) is 6.76. The molecule has 0 saturated heterocycles. The summed E-state index contributed by atoms with van der Waals surface area (Å²) in [5.41, 5.74) is 0.544. The maximum atomic E-state index is 14.4. The van der Waals surface area contributed by atoms with E-state index in [2.05, 4.69) is 5.32 Å². The zero-order valence-electron chi connectivity index (χ0n) is 17.6. The van der Waals surface area contributed by atoms with Gasteiger partial charge in [-0.05, 0) is 50.8 Å². The summed E-state index contributed by atoms with van der Waals surface area (Å²) in [6.07, 6.45) is 2.45. The van der Waals surface area contributed by atoms with E-state index in [-0.39, 0.29) is 36.3 Å². The second-order valence-corrected chi connectivity index (χ2v) is 9.54. The Morgan fingerprint density at radius 1 is 1.23 bits per heavy atom. The van der Waals surface area contributed by atoms with Gasteiger partial charge in [0.2, 0.25) is 0 Å². The molecule has 9 heteroatoms. The topological polar surface area (TPSA) is 98.8 Å². The van der Waals surface area contributed by atoms with E-state index in [1.807, 2.05) is 0 Å². The number of rotatable bonds is 8. The molecule has 1 aliphatic carbocycles. The minimum absolute atomic E-state index is 0.100. The Labute approximate surface area is 176 Å². The van der Waals surface area contributed by atoms with Crippen LogP contribution >= 0.6 is 0 Å². The molecule has 1 atom stereocenters. The fraction of sp³-hybridized carbons (Fsp3) is 0.524. The molecule has 1 aromatic rings. The number of ether oxygens (including phenoxy) is 1. The van der Waals surface area contributed by atoms with E-state index in [1.54, 1.807) is 33.8 Å². The van der Waals surface area contributed by atoms with Gasteiger partial charge in [0.25, 0.3) is 0 Å². The van der Waals surface area contributed by atoms with Gasteiger partial charge in [-0.1, -0.05) is 26.0 Å². The first kappa shape index (κ1) is 23.9. The van der Waals surface area contributed by atoms with Gasteiger partial charge in [-0.3, -0.25) is 4.79 Å². The van der Waals surface area contributed by atoms with Gasteiger partial charge in [-0.15, -0.1) is 0 Å². The molecule has 0 fully saturated rings. The summed E-state index contributed by atoms with van der Waals surface area (Å²) < 4.78 is 50.0.